The molecule has 0 radical (unpaired) electrons. The van der Waals surface area contributed by atoms with Gasteiger partial charge in [0.2, 0.25) is 10.0 Å². The van der Waals surface area contributed by atoms with Crippen LogP contribution in [0, 0.1) is 6.92 Å². The van der Waals surface area contributed by atoms with Gasteiger partial charge in [0.15, 0.2) is 0 Å². The topological polar surface area (TPSA) is 63.7 Å². The summed E-state index contributed by atoms with van der Waals surface area (Å²) in [7, 11) is -3.53. The van der Waals surface area contributed by atoms with Crippen LogP contribution in [0.15, 0.2) is 24.3 Å². The number of para-hydroxylation sites is 1. The minimum atomic E-state index is -3.53. The number of ether oxygens (including phenoxy) is 1. The van der Waals surface area contributed by atoms with Gasteiger partial charge < -0.3 is 4.74 Å². The number of carbonyl (C=O) groups excluding carboxylic acids is 1. The number of anilines is 1. The van der Waals surface area contributed by atoms with Crippen molar-refractivity contribution in [2.75, 3.05) is 16.6 Å². The highest BCUT2D eigenvalue weighted by molar-refractivity contribution is 7.92. The Balaban J connectivity index is 3.11. The van der Waals surface area contributed by atoms with Gasteiger partial charge in [0.1, 0.15) is 6.54 Å². The predicted molar refractivity (Wildman–Crippen MR) is 79.2 cm³/mol. The molecule has 0 unspecified atom stereocenters. The lowest BCUT2D eigenvalue weighted by Crippen LogP contribution is -2.38. The Hall–Kier alpha value is -1.56. The smallest absolute Gasteiger partial charge is 0.327 e. The molecule has 112 valence electrons. The number of sulfonamides is 1. The molecule has 0 amide bonds. The van der Waals surface area contributed by atoms with Gasteiger partial charge in [0, 0.05) is 0 Å². The SMILES string of the molecule is CCS(=O)(=O)N(CC(=O)OC(C)C)c1ccccc1C. The van der Waals surface area contributed by atoms with Gasteiger partial charge in [-0.05, 0) is 39.3 Å². The molecule has 0 saturated carbocycles. The molecular formula is C14H21NO4S. The summed E-state index contributed by atoms with van der Waals surface area (Å²) >= 11 is 0. The summed E-state index contributed by atoms with van der Waals surface area (Å²) in [4.78, 5) is 11.8. The molecule has 0 aliphatic heterocycles. The van der Waals surface area contributed by atoms with Crippen molar-refractivity contribution in [2.24, 2.45) is 0 Å². The molecule has 1 aromatic carbocycles. The quantitative estimate of drug-likeness (QED) is 0.755. The van der Waals surface area contributed by atoms with Crippen molar-refractivity contribution in [1.82, 2.24) is 0 Å². The predicted octanol–water partition coefficient (Wildman–Crippen LogP) is 2.10. The maximum absolute atomic E-state index is 12.2. The lowest BCUT2D eigenvalue weighted by molar-refractivity contribution is -0.145. The number of nitrogens with zero attached hydrogens (tertiary/aromatic N) is 1. The third-order valence-corrected chi connectivity index (χ3v) is 4.45. The average molecular weight is 299 g/mol. The van der Waals surface area contributed by atoms with Gasteiger partial charge in [-0.15, -0.1) is 0 Å². The molecule has 1 rings (SSSR count). The Kier molecular flexibility index (Phi) is 5.56. The Bertz CT molecular complexity index is 566. The van der Waals surface area contributed by atoms with Crippen LogP contribution in [0.5, 0.6) is 0 Å². The second-order valence-electron chi connectivity index (χ2n) is 4.73. The molecule has 0 spiro atoms. The average Bonchev–Trinajstić information content (AvgIpc) is 2.36. The van der Waals surface area contributed by atoms with Crippen molar-refractivity contribution in [3.8, 4) is 0 Å². The number of hydrogen-bond acceptors (Lipinski definition) is 4. The molecule has 0 aliphatic rings. The minimum Gasteiger partial charge on any atom is -0.462 e. The van der Waals surface area contributed by atoms with Gasteiger partial charge in [-0.1, -0.05) is 18.2 Å². The lowest BCUT2D eigenvalue weighted by Gasteiger charge is -2.24. The zero-order valence-electron chi connectivity index (χ0n) is 12.3. The van der Waals surface area contributed by atoms with Crippen LogP contribution in [0.25, 0.3) is 0 Å². The van der Waals surface area contributed by atoms with E-state index in [0.717, 1.165) is 9.87 Å². The van der Waals surface area contributed by atoms with Crippen molar-refractivity contribution >= 4 is 21.7 Å². The first-order valence-corrected chi connectivity index (χ1v) is 8.14. The highest BCUT2D eigenvalue weighted by Crippen LogP contribution is 2.22. The Morgan fingerprint density at radius 3 is 2.40 bits per heavy atom. The van der Waals surface area contributed by atoms with E-state index in [9.17, 15) is 13.2 Å². The number of aryl methyl sites for hydroxylation is 1. The molecule has 0 aromatic heterocycles. The van der Waals surface area contributed by atoms with Gasteiger partial charge in [0.05, 0.1) is 17.5 Å². The fraction of sp³-hybridized carbons (Fsp3) is 0.500. The second kappa shape index (κ2) is 6.74. The van der Waals surface area contributed by atoms with Crippen molar-refractivity contribution in [1.29, 1.82) is 0 Å². The number of rotatable bonds is 6. The third kappa shape index (κ3) is 4.23. The summed E-state index contributed by atoms with van der Waals surface area (Å²) in [6.45, 7) is 6.50. The number of esters is 1. The summed E-state index contributed by atoms with van der Waals surface area (Å²) in [5, 5.41) is 0. The van der Waals surface area contributed by atoms with Crippen molar-refractivity contribution in [3.63, 3.8) is 0 Å². The largest absolute Gasteiger partial charge is 0.462 e. The van der Waals surface area contributed by atoms with Crippen molar-refractivity contribution in [3.05, 3.63) is 29.8 Å². The standard InChI is InChI=1S/C14H21NO4S/c1-5-20(17,18)15(10-14(16)19-11(2)3)13-9-7-6-8-12(13)4/h6-9,11H,5,10H2,1-4H3. The second-order valence-corrected chi connectivity index (χ2v) is 6.91. The highest BCUT2D eigenvalue weighted by Gasteiger charge is 2.25. The normalized spacial score (nSPS) is 11.4. The molecule has 0 fully saturated rings. The van der Waals surface area contributed by atoms with E-state index in [1.54, 1.807) is 45.9 Å². The molecule has 0 N–H and O–H groups in total. The maximum Gasteiger partial charge on any atom is 0.327 e. The van der Waals surface area contributed by atoms with Crippen LogP contribution >= 0.6 is 0 Å². The third-order valence-electron chi connectivity index (χ3n) is 2.72. The van der Waals surface area contributed by atoms with Crippen LogP contribution < -0.4 is 4.31 Å². The first-order valence-electron chi connectivity index (χ1n) is 6.53. The first kappa shape index (κ1) is 16.5. The molecule has 0 atom stereocenters. The number of hydrogen-bond donors (Lipinski definition) is 0. The molecule has 5 nitrogen and oxygen atoms in total. The van der Waals surface area contributed by atoms with E-state index in [4.69, 9.17) is 4.74 Å². The van der Waals surface area contributed by atoms with Crippen molar-refractivity contribution in [2.45, 2.75) is 33.8 Å². The first-order chi connectivity index (χ1) is 9.27. The zero-order valence-corrected chi connectivity index (χ0v) is 13.1. The van der Waals surface area contributed by atoms with E-state index < -0.39 is 16.0 Å². The highest BCUT2D eigenvalue weighted by atomic mass is 32.2. The molecule has 0 bridgehead atoms. The maximum atomic E-state index is 12.2. The summed E-state index contributed by atoms with van der Waals surface area (Å²) in [5.74, 6) is -0.628. The van der Waals surface area contributed by atoms with Crippen LogP contribution in [0.3, 0.4) is 0 Å². The van der Waals surface area contributed by atoms with Gasteiger partial charge in [-0.2, -0.15) is 0 Å². The minimum absolute atomic E-state index is 0.0731. The van der Waals surface area contributed by atoms with Crippen LogP contribution in [-0.2, 0) is 19.6 Å². The molecule has 0 saturated heterocycles. The van der Waals surface area contributed by atoms with E-state index in [0.29, 0.717) is 5.69 Å². The zero-order chi connectivity index (χ0) is 15.3. The molecular weight excluding hydrogens is 278 g/mol. The van der Waals surface area contributed by atoms with Crippen LogP contribution in [0.4, 0.5) is 5.69 Å². The van der Waals surface area contributed by atoms with Crippen LogP contribution in [0.1, 0.15) is 26.3 Å². The van der Waals surface area contributed by atoms with E-state index in [1.165, 1.54) is 0 Å². The van der Waals surface area contributed by atoms with E-state index in [1.807, 2.05) is 6.07 Å². The molecule has 20 heavy (non-hydrogen) atoms. The van der Waals surface area contributed by atoms with Crippen LogP contribution in [0.2, 0.25) is 0 Å². The van der Waals surface area contributed by atoms with E-state index in [-0.39, 0.29) is 18.4 Å². The van der Waals surface area contributed by atoms with Gasteiger partial charge in [-0.25, -0.2) is 8.42 Å². The molecule has 1 aromatic rings. The number of carbonyl (C=O) groups is 1. The van der Waals surface area contributed by atoms with E-state index >= 15 is 0 Å². The van der Waals surface area contributed by atoms with Gasteiger partial charge >= 0.3 is 5.97 Å². The fourth-order valence-corrected chi connectivity index (χ4v) is 2.87. The Morgan fingerprint density at radius 1 is 1.30 bits per heavy atom. The summed E-state index contributed by atoms with van der Waals surface area (Å²) in [6.07, 6.45) is -0.273. The fourth-order valence-electron chi connectivity index (χ4n) is 1.75. The Morgan fingerprint density at radius 2 is 1.90 bits per heavy atom. The van der Waals surface area contributed by atoms with Crippen LogP contribution in [-0.4, -0.2) is 32.8 Å². The molecule has 6 heteroatoms. The van der Waals surface area contributed by atoms with Gasteiger partial charge in [0.25, 0.3) is 0 Å². The van der Waals surface area contributed by atoms with Gasteiger partial charge in [-0.3, -0.25) is 9.10 Å². The van der Waals surface area contributed by atoms with Crippen molar-refractivity contribution < 1.29 is 17.9 Å². The summed E-state index contributed by atoms with van der Waals surface area (Å²) in [5.41, 5.74) is 1.30. The lowest BCUT2D eigenvalue weighted by atomic mass is 10.2. The van der Waals surface area contributed by atoms with E-state index in [2.05, 4.69) is 0 Å². The Labute approximate surface area is 120 Å². The monoisotopic (exact) mass is 299 g/mol. The molecule has 0 aliphatic carbocycles. The molecule has 0 heterocycles. The number of benzene rings is 1. The summed E-state index contributed by atoms with van der Waals surface area (Å²) in [6, 6.07) is 7.06. The summed E-state index contributed by atoms with van der Waals surface area (Å²) < 4.78 is 30.5.